The molecule has 9 heteroatoms. The van der Waals surface area contributed by atoms with Crippen LogP contribution in [0.5, 0.6) is 5.88 Å². The minimum atomic E-state index is -0.322. The Morgan fingerprint density at radius 3 is 2.73 bits per heavy atom. The normalized spacial score (nSPS) is 24.2. The molecule has 2 aromatic rings. The molecule has 1 aliphatic heterocycles. The van der Waals surface area contributed by atoms with Crippen LogP contribution in [-0.4, -0.2) is 58.1 Å². The Morgan fingerprint density at radius 1 is 1.21 bits per heavy atom. The molecule has 0 spiro atoms. The van der Waals surface area contributed by atoms with Crippen molar-refractivity contribution in [1.82, 2.24) is 25.3 Å². The van der Waals surface area contributed by atoms with Crippen molar-refractivity contribution in [2.75, 3.05) is 20.2 Å². The lowest BCUT2D eigenvalue weighted by molar-refractivity contribution is -0.126. The third-order valence-corrected chi connectivity index (χ3v) is 6.67. The summed E-state index contributed by atoms with van der Waals surface area (Å²) in [6.45, 7) is 5.31. The number of pyridine rings is 1. The maximum Gasteiger partial charge on any atom is 0.255 e. The first kappa shape index (κ1) is 23.2. The quantitative estimate of drug-likeness (QED) is 0.753. The predicted octanol–water partition coefficient (Wildman–Crippen LogP) is 3.29. The van der Waals surface area contributed by atoms with Gasteiger partial charge in [-0.15, -0.1) is 0 Å². The van der Waals surface area contributed by atoms with Gasteiger partial charge in [-0.05, 0) is 31.7 Å². The Balaban J connectivity index is 1.63. The number of methoxy groups -OCH3 is 1. The van der Waals surface area contributed by atoms with Gasteiger partial charge in [0.15, 0.2) is 5.82 Å². The fourth-order valence-corrected chi connectivity index (χ4v) is 4.81. The van der Waals surface area contributed by atoms with Crippen molar-refractivity contribution in [2.24, 2.45) is 5.92 Å². The maximum atomic E-state index is 13.6. The number of nitrogens with zero attached hydrogens (tertiary/aromatic N) is 4. The number of carbonyl (C=O) groups is 2. The van der Waals surface area contributed by atoms with Crippen molar-refractivity contribution < 1.29 is 18.8 Å². The first-order valence-corrected chi connectivity index (χ1v) is 11.9. The molecule has 1 saturated carbocycles. The summed E-state index contributed by atoms with van der Waals surface area (Å²) in [5.74, 6) is 1.36. The highest BCUT2D eigenvalue weighted by molar-refractivity contribution is 5.94. The first-order valence-electron chi connectivity index (χ1n) is 11.9. The van der Waals surface area contributed by atoms with Gasteiger partial charge in [-0.25, -0.2) is 4.98 Å². The van der Waals surface area contributed by atoms with E-state index in [1.807, 2.05) is 18.7 Å². The number of ether oxygens (including phenoxy) is 1. The van der Waals surface area contributed by atoms with Crippen LogP contribution in [-0.2, 0) is 4.79 Å². The van der Waals surface area contributed by atoms with Crippen molar-refractivity contribution >= 4 is 11.8 Å². The number of carbonyl (C=O) groups excluding carboxylic acids is 2. The van der Waals surface area contributed by atoms with Gasteiger partial charge in [0.1, 0.15) is 0 Å². The van der Waals surface area contributed by atoms with Gasteiger partial charge in [-0.1, -0.05) is 31.8 Å². The molecule has 3 atom stereocenters. The molecule has 9 nitrogen and oxygen atoms in total. The molecule has 2 aromatic heterocycles. The Labute approximate surface area is 194 Å². The van der Waals surface area contributed by atoms with Crippen LogP contribution in [0.4, 0.5) is 0 Å². The standard InChI is InChI=1S/C24H33N5O4/c1-15(2)21-27-23(33-28-21)17-12-18-19(13-17)29(11-7-5-4-6-10-25-22(18)30)24(31)16-8-9-20(32-3)26-14-16/h8-9,14-15,17-19H,4-7,10-13H2,1-3H3,(H,25,30). The number of hydrogen-bond donors (Lipinski definition) is 1. The molecule has 0 aromatic carbocycles. The van der Waals surface area contributed by atoms with Gasteiger partial charge in [0.2, 0.25) is 17.7 Å². The highest BCUT2D eigenvalue weighted by Crippen LogP contribution is 2.41. The minimum absolute atomic E-state index is 0.00125. The van der Waals surface area contributed by atoms with Gasteiger partial charge in [0, 0.05) is 43.2 Å². The zero-order valence-corrected chi connectivity index (χ0v) is 19.6. The summed E-state index contributed by atoms with van der Waals surface area (Å²) in [5, 5.41) is 7.20. The second kappa shape index (κ2) is 10.3. The Hall–Kier alpha value is -2.97. The van der Waals surface area contributed by atoms with Crippen LogP contribution in [0.3, 0.4) is 0 Å². The number of amides is 2. The molecule has 2 aliphatic rings. The fraction of sp³-hybridized carbons (Fsp3) is 0.625. The second-order valence-electron chi connectivity index (χ2n) is 9.28. The van der Waals surface area contributed by atoms with E-state index in [4.69, 9.17) is 9.26 Å². The number of fused-ring (bicyclic) bond motifs is 1. The van der Waals surface area contributed by atoms with Crippen LogP contribution in [0.1, 0.15) is 86.3 Å². The molecule has 3 unspecified atom stereocenters. The van der Waals surface area contributed by atoms with Gasteiger partial charge in [0.25, 0.3) is 5.91 Å². The van der Waals surface area contributed by atoms with Crippen molar-refractivity contribution in [3.63, 3.8) is 0 Å². The van der Waals surface area contributed by atoms with E-state index in [-0.39, 0.29) is 35.6 Å². The molecule has 1 aliphatic carbocycles. The van der Waals surface area contributed by atoms with Crippen LogP contribution in [0, 0.1) is 5.92 Å². The summed E-state index contributed by atoms with van der Waals surface area (Å²) in [4.78, 5) is 37.4. The zero-order chi connectivity index (χ0) is 23.4. The minimum Gasteiger partial charge on any atom is -0.481 e. The summed E-state index contributed by atoms with van der Waals surface area (Å²) in [7, 11) is 1.54. The molecule has 2 amide bonds. The van der Waals surface area contributed by atoms with E-state index >= 15 is 0 Å². The highest BCUT2D eigenvalue weighted by atomic mass is 16.5. The molecule has 178 valence electrons. The molecule has 1 saturated heterocycles. The number of rotatable bonds is 4. The number of aromatic nitrogens is 3. The topological polar surface area (TPSA) is 110 Å². The van der Waals surface area contributed by atoms with Crippen LogP contribution in [0.15, 0.2) is 22.9 Å². The number of nitrogens with one attached hydrogen (secondary N) is 1. The van der Waals surface area contributed by atoms with E-state index in [1.54, 1.807) is 25.4 Å². The van der Waals surface area contributed by atoms with Crippen LogP contribution >= 0.6 is 0 Å². The zero-order valence-electron chi connectivity index (χ0n) is 19.6. The third kappa shape index (κ3) is 5.17. The van der Waals surface area contributed by atoms with Gasteiger partial charge >= 0.3 is 0 Å². The smallest absolute Gasteiger partial charge is 0.255 e. The third-order valence-electron chi connectivity index (χ3n) is 6.67. The van der Waals surface area contributed by atoms with Gasteiger partial charge in [0.05, 0.1) is 18.6 Å². The molecule has 4 rings (SSSR count). The average Bonchev–Trinajstić information content (AvgIpc) is 3.47. The van der Waals surface area contributed by atoms with E-state index < -0.39 is 0 Å². The Bertz CT molecular complexity index is 958. The molecular formula is C24H33N5O4. The van der Waals surface area contributed by atoms with Crippen molar-refractivity contribution in [2.45, 2.75) is 70.3 Å². The van der Waals surface area contributed by atoms with Gasteiger partial charge < -0.3 is 19.5 Å². The molecule has 0 radical (unpaired) electrons. The van der Waals surface area contributed by atoms with Crippen molar-refractivity contribution in [3.8, 4) is 5.88 Å². The molecule has 2 fully saturated rings. The molecular weight excluding hydrogens is 422 g/mol. The molecule has 1 N–H and O–H groups in total. The van der Waals surface area contributed by atoms with E-state index in [0.29, 0.717) is 49.1 Å². The van der Waals surface area contributed by atoms with Crippen LogP contribution in [0.25, 0.3) is 0 Å². The van der Waals surface area contributed by atoms with Crippen LogP contribution < -0.4 is 10.1 Å². The van der Waals surface area contributed by atoms with Gasteiger partial charge in [-0.2, -0.15) is 4.98 Å². The van der Waals surface area contributed by atoms with Crippen molar-refractivity contribution in [3.05, 3.63) is 35.6 Å². The lowest BCUT2D eigenvalue weighted by atomic mass is 9.99. The molecule has 33 heavy (non-hydrogen) atoms. The van der Waals surface area contributed by atoms with E-state index in [9.17, 15) is 9.59 Å². The first-order chi connectivity index (χ1) is 16.0. The average molecular weight is 456 g/mol. The second-order valence-corrected chi connectivity index (χ2v) is 9.28. The monoisotopic (exact) mass is 455 g/mol. The molecule has 3 heterocycles. The highest BCUT2D eigenvalue weighted by Gasteiger charge is 2.45. The largest absolute Gasteiger partial charge is 0.481 e. The van der Waals surface area contributed by atoms with Crippen LogP contribution in [0.2, 0.25) is 0 Å². The predicted molar refractivity (Wildman–Crippen MR) is 121 cm³/mol. The molecule has 0 bridgehead atoms. The van der Waals surface area contributed by atoms with Crippen molar-refractivity contribution in [1.29, 1.82) is 0 Å². The summed E-state index contributed by atoms with van der Waals surface area (Å²) in [6, 6.07) is 3.18. The van der Waals surface area contributed by atoms with E-state index in [0.717, 1.165) is 25.7 Å². The lowest BCUT2D eigenvalue weighted by Gasteiger charge is -2.32. The van der Waals surface area contributed by atoms with Gasteiger partial charge in [-0.3, -0.25) is 9.59 Å². The Morgan fingerprint density at radius 2 is 2.03 bits per heavy atom. The Kier molecular flexibility index (Phi) is 7.25. The SMILES string of the molecule is COc1ccc(C(=O)N2CCCCCCNC(=O)C3CC(c4nc(C(C)C)no4)CC32)cn1. The van der Waals surface area contributed by atoms with E-state index in [1.165, 1.54) is 0 Å². The fourth-order valence-electron chi connectivity index (χ4n) is 4.81. The number of hydrogen-bond acceptors (Lipinski definition) is 7. The van der Waals surface area contributed by atoms with E-state index in [2.05, 4.69) is 20.4 Å². The maximum absolute atomic E-state index is 13.6. The summed E-state index contributed by atoms with van der Waals surface area (Å²) < 4.78 is 10.7. The summed E-state index contributed by atoms with van der Waals surface area (Å²) in [6.07, 6.45) is 6.64. The summed E-state index contributed by atoms with van der Waals surface area (Å²) in [5.41, 5.74) is 0.494. The summed E-state index contributed by atoms with van der Waals surface area (Å²) >= 11 is 0. The lowest BCUT2D eigenvalue weighted by Crippen LogP contribution is -2.47.